The van der Waals surface area contributed by atoms with Crippen molar-refractivity contribution in [2.24, 2.45) is 0 Å². The molecule has 2 N–H and O–H groups in total. The average Bonchev–Trinajstić information content (AvgIpc) is 2.69. The smallest absolute Gasteiger partial charge is 0.238 e. The number of thioether (sulfide) groups is 1. The number of para-hydroxylation sites is 1. The maximum atomic E-state index is 12.3. The summed E-state index contributed by atoms with van der Waals surface area (Å²) < 4.78 is 0. The number of benzene rings is 3. The zero-order valence-corrected chi connectivity index (χ0v) is 15.6. The number of hydrogen-bond donors (Lipinski definition) is 2. The molecule has 27 heavy (non-hydrogen) atoms. The molecule has 1 aliphatic heterocycles. The summed E-state index contributed by atoms with van der Waals surface area (Å²) in [6.07, 6.45) is 0.945. The van der Waals surface area contributed by atoms with Gasteiger partial charge in [-0.15, -0.1) is 11.8 Å². The van der Waals surface area contributed by atoms with E-state index in [1.54, 1.807) is 0 Å². The van der Waals surface area contributed by atoms with Gasteiger partial charge in [-0.1, -0.05) is 54.6 Å². The van der Waals surface area contributed by atoms with Gasteiger partial charge in [0.05, 0.1) is 10.9 Å². The highest BCUT2D eigenvalue weighted by atomic mass is 32.2. The number of anilines is 1. The molecule has 0 fully saturated rings. The Morgan fingerprint density at radius 1 is 1.00 bits per heavy atom. The van der Waals surface area contributed by atoms with E-state index in [4.69, 9.17) is 0 Å². The molecule has 0 saturated heterocycles. The second kappa shape index (κ2) is 7.84. The molecule has 0 aromatic heterocycles. The lowest BCUT2D eigenvalue weighted by molar-refractivity contribution is -0.124. The number of carbonyl (C=O) groups excluding carboxylic acids is 2. The van der Waals surface area contributed by atoms with Crippen LogP contribution in [-0.4, -0.2) is 23.6 Å². The number of rotatable bonds is 5. The van der Waals surface area contributed by atoms with E-state index in [1.807, 2.05) is 42.5 Å². The fourth-order valence-electron chi connectivity index (χ4n) is 3.31. The maximum Gasteiger partial charge on any atom is 0.238 e. The second-order valence-corrected chi connectivity index (χ2v) is 7.78. The Morgan fingerprint density at radius 2 is 1.78 bits per heavy atom. The number of hydrogen-bond acceptors (Lipinski definition) is 3. The highest BCUT2D eigenvalue weighted by molar-refractivity contribution is 8.01. The van der Waals surface area contributed by atoms with Crippen molar-refractivity contribution in [3.05, 3.63) is 72.3 Å². The molecular weight excluding hydrogens is 356 g/mol. The predicted octanol–water partition coefficient (Wildman–Crippen LogP) is 4.00. The molecule has 3 aromatic carbocycles. The lowest BCUT2D eigenvalue weighted by Gasteiger charge is -2.23. The van der Waals surface area contributed by atoms with Gasteiger partial charge >= 0.3 is 0 Å². The van der Waals surface area contributed by atoms with Gasteiger partial charge < -0.3 is 10.6 Å². The third kappa shape index (κ3) is 3.98. The largest absolute Gasteiger partial charge is 0.356 e. The highest BCUT2D eigenvalue weighted by Gasteiger charge is 2.28. The zero-order chi connectivity index (χ0) is 18.6. The first-order chi connectivity index (χ1) is 13.2. The van der Waals surface area contributed by atoms with Gasteiger partial charge in [-0.2, -0.15) is 0 Å². The van der Waals surface area contributed by atoms with Crippen molar-refractivity contribution in [1.29, 1.82) is 0 Å². The molecule has 0 bridgehead atoms. The van der Waals surface area contributed by atoms with E-state index in [-0.39, 0.29) is 18.2 Å². The van der Waals surface area contributed by atoms with E-state index < -0.39 is 5.25 Å². The van der Waals surface area contributed by atoms with Gasteiger partial charge in [0.2, 0.25) is 11.8 Å². The van der Waals surface area contributed by atoms with E-state index in [0.29, 0.717) is 6.54 Å². The summed E-state index contributed by atoms with van der Waals surface area (Å²) >= 11 is 1.45. The van der Waals surface area contributed by atoms with Crippen LogP contribution >= 0.6 is 11.8 Å². The van der Waals surface area contributed by atoms with Crippen molar-refractivity contribution in [3.8, 4) is 0 Å². The average molecular weight is 376 g/mol. The SMILES string of the molecule is O=C(C[C@@H]1Sc2ccccc2NC1=O)NCCc1cccc2ccccc12. The van der Waals surface area contributed by atoms with Gasteiger partial charge in [-0.3, -0.25) is 9.59 Å². The molecule has 136 valence electrons. The summed E-state index contributed by atoms with van der Waals surface area (Å²) in [6.45, 7) is 0.558. The van der Waals surface area contributed by atoms with Crippen LogP contribution in [0.3, 0.4) is 0 Å². The van der Waals surface area contributed by atoms with Crippen molar-refractivity contribution in [2.45, 2.75) is 23.0 Å². The lowest BCUT2D eigenvalue weighted by Crippen LogP contribution is -2.35. The van der Waals surface area contributed by atoms with Crippen molar-refractivity contribution < 1.29 is 9.59 Å². The summed E-state index contributed by atoms with van der Waals surface area (Å²) in [5.41, 5.74) is 2.03. The Hall–Kier alpha value is -2.79. The molecule has 0 unspecified atom stereocenters. The molecule has 1 heterocycles. The number of fused-ring (bicyclic) bond motifs is 2. The van der Waals surface area contributed by atoms with E-state index in [0.717, 1.165) is 17.0 Å². The lowest BCUT2D eigenvalue weighted by atomic mass is 10.0. The van der Waals surface area contributed by atoms with Crippen LogP contribution < -0.4 is 10.6 Å². The third-order valence-electron chi connectivity index (χ3n) is 4.67. The van der Waals surface area contributed by atoms with Crippen LogP contribution in [0, 0.1) is 0 Å². The van der Waals surface area contributed by atoms with Gasteiger partial charge in [0, 0.05) is 17.9 Å². The Bertz CT molecular complexity index is 997. The van der Waals surface area contributed by atoms with Crippen LogP contribution in [0.4, 0.5) is 5.69 Å². The zero-order valence-electron chi connectivity index (χ0n) is 14.8. The van der Waals surface area contributed by atoms with Crippen molar-refractivity contribution in [1.82, 2.24) is 5.32 Å². The second-order valence-electron chi connectivity index (χ2n) is 6.53. The summed E-state index contributed by atoms with van der Waals surface area (Å²) in [5, 5.41) is 7.86. The maximum absolute atomic E-state index is 12.3. The minimum Gasteiger partial charge on any atom is -0.356 e. The molecule has 0 radical (unpaired) electrons. The number of amides is 2. The third-order valence-corrected chi connectivity index (χ3v) is 5.95. The van der Waals surface area contributed by atoms with Crippen LogP contribution in [0.1, 0.15) is 12.0 Å². The minimum atomic E-state index is -0.391. The van der Waals surface area contributed by atoms with Crippen molar-refractivity contribution in [3.63, 3.8) is 0 Å². The normalized spacial score (nSPS) is 15.9. The fourth-order valence-corrected chi connectivity index (χ4v) is 4.43. The Kier molecular flexibility index (Phi) is 5.12. The van der Waals surface area contributed by atoms with Crippen LogP contribution in [0.5, 0.6) is 0 Å². The highest BCUT2D eigenvalue weighted by Crippen LogP contribution is 2.36. The first-order valence-corrected chi connectivity index (χ1v) is 9.88. The van der Waals surface area contributed by atoms with Crippen LogP contribution in [0.2, 0.25) is 0 Å². The topological polar surface area (TPSA) is 58.2 Å². The van der Waals surface area contributed by atoms with Gasteiger partial charge in [0.1, 0.15) is 0 Å². The summed E-state index contributed by atoms with van der Waals surface area (Å²) in [7, 11) is 0. The Balaban J connectivity index is 1.33. The quantitative estimate of drug-likeness (QED) is 0.708. The first-order valence-electron chi connectivity index (χ1n) is 9.00. The van der Waals surface area contributed by atoms with Crippen molar-refractivity contribution >= 4 is 40.0 Å². The molecule has 4 rings (SSSR count). The number of carbonyl (C=O) groups is 2. The van der Waals surface area contributed by atoms with Crippen LogP contribution in [0.25, 0.3) is 10.8 Å². The van der Waals surface area contributed by atoms with E-state index in [9.17, 15) is 9.59 Å². The van der Waals surface area contributed by atoms with E-state index in [2.05, 4.69) is 34.9 Å². The molecule has 0 spiro atoms. The minimum absolute atomic E-state index is 0.0951. The predicted molar refractivity (Wildman–Crippen MR) is 110 cm³/mol. The molecule has 3 aromatic rings. The van der Waals surface area contributed by atoms with E-state index in [1.165, 1.54) is 28.1 Å². The molecule has 0 saturated carbocycles. The molecule has 2 amide bonds. The van der Waals surface area contributed by atoms with Gasteiger partial charge in [-0.25, -0.2) is 0 Å². The van der Waals surface area contributed by atoms with Crippen LogP contribution in [-0.2, 0) is 16.0 Å². The molecule has 5 heteroatoms. The fraction of sp³-hybridized carbons (Fsp3) is 0.182. The van der Waals surface area contributed by atoms with Crippen LogP contribution in [0.15, 0.2) is 71.6 Å². The number of nitrogens with one attached hydrogen (secondary N) is 2. The van der Waals surface area contributed by atoms with Crippen molar-refractivity contribution in [2.75, 3.05) is 11.9 Å². The van der Waals surface area contributed by atoms with Gasteiger partial charge in [0.15, 0.2) is 0 Å². The summed E-state index contributed by atoms with van der Waals surface area (Å²) in [5.74, 6) is -0.204. The monoisotopic (exact) mass is 376 g/mol. The summed E-state index contributed by atoms with van der Waals surface area (Å²) in [4.78, 5) is 25.5. The Labute approximate surface area is 162 Å². The van der Waals surface area contributed by atoms with Gasteiger partial charge in [-0.05, 0) is 34.9 Å². The molecule has 1 atom stereocenters. The molecule has 0 aliphatic carbocycles. The van der Waals surface area contributed by atoms with Gasteiger partial charge in [0.25, 0.3) is 0 Å². The molecular formula is C22H20N2O2S. The standard InChI is InChI=1S/C22H20N2O2S/c25-21(14-20-22(26)24-18-10-3-4-11-19(18)27-20)23-13-12-16-8-5-7-15-6-1-2-9-17(15)16/h1-11,20H,12-14H2,(H,23,25)(H,24,26)/t20-/m0/s1. The molecule has 4 nitrogen and oxygen atoms in total. The van der Waals surface area contributed by atoms with E-state index >= 15 is 0 Å². The Morgan fingerprint density at radius 3 is 2.70 bits per heavy atom. The molecule has 1 aliphatic rings. The summed E-state index contributed by atoms with van der Waals surface area (Å²) in [6, 6.07) is 22.1. The first kappa shape index (κ1) is 17.6.